The Morgan fingerprint density at radius 3 is 2.35 bits per heavy atom. The summed E-state index contributed by atoms with van der Waals surface area (Å²) in [5.74, 6) is 0.808. The minimum atomic E-state index is -2.36. The van der Waals surface area contributed by atoms with Crippen molar-refractivity contribution in [1.29, 1.82) is 0 Å². The SMILES string of the molecule is Cn1ncc(C2CC2)c1C(C)(C)C.NS(=O)[O-]. The second-order valence-corrected chi connectivity index (χ2v) is 5.88. The van der Waals surface area contributed by atoms with Crippen LogP contribution in [0.5, 0.6) is 0 Å². The molecular formula is C11H20N3O2S-. The molecule has 2 rings (SSSR count). The van der Waals surface area contributed by atoms with Gasteiger partial charge in [-0.15, -0.1) is 0 Å². The molecule has 0 bridgehead atoms. The summed E-state index contributed by atoms with van der Waals surface area (Å²) >= 11 is -2.36. The standard InChI is InChI=1S/C11H18N2.H3NO2S/c1-11(2,3)10-9(8-5-6-8)7-12-13(10)4;1-4(2)3/h7-8H,5-6H2,1-4H3;1H2,(H,2,3)/p-1. The summed E-state index contributed by atoms with van der Waals surface area (Å²) in [6.07, 6.45) is 4.77. The van der Waals surface area contributed by atoms with Gasteiger partial charge in [-0.2, -0.15) is 5.10 Å². The quantitative estimate of drug-likeness (QED) is 0.771. The van der Waals surface area contributed by atoms with E-state index in [0.29, 0.717) is 0 Å². The first-order chi connectivity index (χ1) is 7.73. The van der Waals surface area contributed by atoms with E-state index in [2.05, 4.69) is 37.2 Å². The molecule has 1 heterocycles. The zero-order chi connectivity index (χ0) is 13.2. The molecule has 17 heavy (non-hydrogen) atoms. The molecule has 0 aliphatic heterocycles. The highest BCUT2D eigenvalue weighted by Crippen LogP contribution is 2.44. The highest BCUT2D eigenvalue weighted by atomic mass is 32.2. The third-order valence-corrected chi connectivity index (χ3v) is 2.69. The summed E-state index contributed by atoms with van der Waals surface area (Å²) in [6.45, 7) is 6.78. The third-order valence-electron chi connectivity index (χ3n) is 2.69. The van der Waals surface area contributed by atoms with Gasteiger partial charge in [0, 0.05) is 29.4 Å². The zero-order valence-corrected chi connectivity index (χ0v) is 11.6. The van der Waals surface area contributed by atoms with E-state index in [1.165, 1.54) is 24.1 Å². The summed E-state index contributed by atoms with van der Waals surface area (Å²) in [6, 6.07) is 0. The maximum atomic E-state index is 8.78. The van der Waals surface area contributed by atoms with Gasteiger partial charge in [0.15, 0.2) is 0 Å². The van der Waals surface area contributed by atoms with Gasteiger partial charge >= 0.3 is 0 Å². The molecule has 0 radical (unpaired) electrons. The topological polar surface area (TPSA) is 84.0 Å². The van der Waals surface area contributed by atoms with Crippen LogP contribution in [0.1, 0.15) is 50.8 Å². The van der Waals surface area contributed by atoms with E-state index >= 15 is 0 Å². The first kappa shape index (κ1) is 14.3. The molecule has 1 unspecified atom stereocenters. The number of hydrogen-bond acceptors (Lipinski definition) is 3. The molecule has 1 fully saturated rings. The van der Waals surface area contributed by atoms with Crippen LogP contribution in [0.2, 0.25) is 0 Å². The van der Waals surface area contributed by atoms with Gasteiger partial charge in [-0.25, -0.2) is 0 Å². The number of hydrogen-bond donors (Lipinski definition) is 1. The molecule has 0 aromatic carbocycles. The van der Waals surface area contributed by atoms with Crippen LogP contribution in [0.3, 0.4) is 0 Å². The minimum absolute atomic E-state index is 0.225. The van der Waals surface area contributed by atoms with Gasteiger partial charge in [0.05, 0.1) is 6.20 Å². The van der Waals surface area contributed by atoms with E-state index in [4.69, 9.17) is 8.76 Å². The molecule has 0 spiro atoms. The van der Waals surface area contributed by atoms with Gasteiger partial charge in [-0.05, 0) is 24.3 Å². The minimum Gasteiger partial charge on any atom is -0.760 e. The van der Waals surface area contributed by atoms with Crippen molar-refractivity contribution in [2.24, 2.45) is 12.2 Å². The summed E-state index contributed by atoms with van der Waals surface area (Å²) in [4.78, 5) is 0. The second kappa shape index (κ2) is 5.29. The van der Waals surface area contributed by atoms with Crippen molar-refractivity contribution in [3.8, 4) is 0 Å². The molecule has 1 aliphatic carbocycles. The number of aryl methyl sites for hydroxylation is 1. The molecule has 1 atom stereocenters. The smallest absolute Gasteiger partial charge is 0.0527 e. The Morgan fingerprint density at radius 2 is 2.00 bits per heavy atom. The lowest BCUT2D eigenvalue weighted by Gasteiger charge is -2.21. The average molecular weight is 258 g/mol. The van der Waals surface area contributed by atoms with Crippen LogP contribution >= 0.6 is 0 Å². The van der Waals surface area contributed by atoms with Crippen molar-refractivity contribution in [2.45, 2.75) is 44.9 Å². The first-order valence-corrected chi connectivity index (χ1v) is 6.73. The normalized spacial score (nSPS) is 17.3. The lowest BCUT2D eigenvalue weighted by Crippen LogP contribution is -2.18. The highest BCUT2D eigenvalue weighted by Gasteiger charge is 2.32. The van der Waals surface area contributed by atoms with Crippen LogP contribution in [0.15, 0.2) is 6.20 Å². The van der Waals surface area contributed by atoms with Crippen molar-refractivity contribution in [3.05, 3.63) is 17.5 Å². The number of nitrogens with two attached hydrogens (primary N) is 1. The Hall–Kier alpha value is -0.720. The predicted octanol–water partition coefficient (Wildman–Crippen LogP) is 1.33. The van der Waals surface area contributed by atoms with Gasteiger partial charge < -0.3 is 4.55 Å². The van der Waals surface area contributed by atoms with Crippen molar-refractivity contribution in [3.63, 3.8) is 0 Å². The molecule has 2 N–H and O–H groups in total. The molecule has 0 saturated heterocycles. The molecule has 1 saturated carbocycles. The largest absolute Gasteiger partial charge is 0.760 e. The zero-order valence-electron chi connectivity index (χ0n) is 10.8. The Bertz CT molecular complexity index is 401. The molecule has 1 aromatic heterocycles. The van der Waals surface area contributed by atoms with Gasteiger partial charge in [-0.1, -0.05) is 20.8 Å². The average Bonchev–Trinajstić information content (AvgIpc) is 2.87. The van der Waals surface area contributed by atoms with Crippen molar-refractivity contribution in [2.75, 3.05) is 0 Å². The lowest BCUT2D eigenvalue weighted by molar-refractivity contribution is 0.517. The van der Waals surface area contributed by atoms with Crippen LogP contribution in [0.4, 0.5) is 0 Å². The molecular weight excluding hydrogens is 238 g/mol. The maximum Gasteiger partial charge on any atom is 0.0527 e. The third kappa shape index (κ3) is 4.22. The van der Waals surface area contributed by atoms with Gasteiger partial charge in [0.1, 0.15) is 0 Å². The van der Waals surface area contributed by atoms with Crippen LogP contribution in [-0.2, 0) is 23.7 Å². The first-order valence-electron chi connectivity index (χ1n) is 5.59. The molecule has 1 aromatic rings. The Morgan fingerprint density at radius 1 is 1.53 bits per heavy atom. The van der Waals surface area contributed by atoms with E-state index in [9.17, 15) is 0 Å². The summed E-state index contributed by atoms with van der Waals surface area (Å²) in [7, 11) is 2.05. The number of nitrogens with zero attached hydrogens (tertiary/aromatic N) is 2. The molecule has 0 amide bonds. The molecule has 98 valence electrons. The maximum absolute atomic E-state index is 8.78. The van der Waals surface area contributed by atoms with E-state index < -0.39 is 11.3 Å². The van der Waals surface area contributed by atoms with Crippen LogP contribution in [0, 0.1) is 0 Å². The highest BCUT2D eigenvalue weighted by molar-refractivity contribution is 7.76. The van der Waals surface area contributed by atoms with Crippen molar-refractivity contribution < 1.29 is 8.76 Å². The van der Waals surface area contributed by atoms with E-state index in [1.54, 1.807) is 0 Å². The van der Waals surface area contributed by atoms with Gasteiger partial charge in [-0.3, -0.25) is 14.0 Å². The second-order valence-electron chi connectivity index (χ2n) is 5.36. The van der Waals surface area contributed by atoms with Crippen LogP contribution in [-0.4, -0.2) is 18.5 Å². The fourth-order valence-electron chi connectivity index (χ4n) is 2.07. The van der Waals surface area contributed by atoms with Crippen LogP contribution in [0.25, 0.3) is 0 Å². The molecule has 1 aliphatic rings. The van der Waals surface area contributed by atoms with Crippen LogP contribution < -0.4 is 5.14 Å². The molecule has 6 heteroatoms. The van der Waals surface area contributed by atoms with Crippen molar-refractivity contribution in [1.82, 2.24) is 9.78 Å². The fraction of sp³-hybridized carbons (Fsp3) is 0.727. The van der Waals surface area contributed by atoms with E-state index in [1.807, 2.05) is 11.7 Å². The summed E-state index contributed by atoms with van der Waals surface area (Å²) in [5, 5.41) is 8.39. The van der Waals surface area contributed by atoms with E-state index in [0.717, 1.165) is 5.92 Å². The molecule has 5 nitrogen and oxygen atoms in total. The Kier molecular flexibility index (Phi) is 4.46. The predicted molar refractivity (Wildman–Crippen MR) is 67.0 cm³/mol. The monoisotopic (exact) mass is 258 g/mol. The van der Waals surface area contributed by atoms with E-state index in [-0.39, 0.29) is 5.41 Å². The lowest BCUT2D eigenvalue weighted by atomic mass is 9.88. The Labute approximate surface area is 105 Å². The number of aromatic nitrogens is 2. The van der Waals surface area contributed by atoms with Gasteiger partial charge in [0.2, 0.25) is 0 Å². The van der Waals surface area contributed by atoms with Crippen molar-refractivity contribution >= 4 is 11.3 Å². The summed E-state index contributed by atoms with van der Waals surface area (Å²) < 4.78 is 19.6. The Balaban J connectivity index is 0.000000317. The fourth-order valence-corrected chi connectivity index (χ4v) is 2.07. The van der Waals surface area contributed by atoms with Gasteiger partial charge in [0.25, 0.3) is 0 Å². The number of rotatable bonds is 1. The summed E-state index contributed by atoms with van der Waals surface area (Å²) in [5.41, 5.74) is 3.12.